The van der Waals surface area contributed by atoms with Crippen LogP contribution in [0, 0.1) is 5.92 Å². The molecule has 1 aromatic rings. The van der Waals surface area contributed by atoms with Crippen LogP contribution < -0.4 is 10.1 Å². The largest absolute Gasteiger partial charge is 0.494 e. The maximum absolute atomic E-state index is 12.7. The van der Waals surface area contributed by atoms with E-state index in [1.54, 1.807) is 0 Å². The Balaban J connectivity index is 1.54. The van der Waals surface area contributed by atoms with Crippen molar-refractivity contribution in [2.75, 3.05) is 19.7 Å². The highest BCUT2D eigenvalue weighted by Gasteiger charge is 2.32. The van der Waals surface area contributed by atoms with Crippen LogP contribution in [0.5, 0.6) is 5.75 Å². The first-order valence-electron chi connectivity index (χ1n) is 9.50. The van der Waals surface area contributed by atoms with E-state index in [-0.39, 0.29) is 11.9 Å². The van der Waals surface area contributed by atoms with Crippen LogP contribution in [0.25, 0.3) is 0 Å². The van der Waals surface area contributed by atoms with E-state index >= 15 is 0 Å². The molecule has 1 aliphatic heterocycles. The van der Waals surface area contributed by atoms with E-state index in [0.29, 0.717) is 13.2 Å². The zero-order chi connectivity index (χ0) is 16.8. The summed E-state index contributed by atoms with van der Waals surface area (Å²) in [6.07, 6.45) is 7.54. The van der Waals surface area contributed by atoms with Gasteiger partial charge in [-0.15, -0.1) is 0 Å². The number of amides is 1. The Morgan fingerprint density at radius 3 is 2.79 bits per heavy atom. The Morgan fingerprint density at radius 1 is 1.21 bits per heavy atom. The van der Waals surface area contributed by atoms with Gasteiger partial charge in [-0.25, -0.2) is 0 Å². The normalized spacial score (nSPS) is 22.0. The third kappa shape index (κ3) is 4.29. The van der Waals surface area contributed by atoms with E-state index < -0.39 is 0 Å². The third-order valence-corrected chi connectivity index (χ3v) is 5.36. The van der Waals surface area contributed by atoms with Crippen molar-refractivity contribution in [1.29, 1.82) is 0 Å². The van der Waals surface area contributed by atoms with Crippen molar-refractivity contribution in [3.63, 3.8) is 0 Å². The van der Waals surface area contributed by atoms with E-state index in [1.807, 2.05) is 31.2 Å². The van der Waals surface area contributed by atoms with Crippen molar-refractivity contribution in [1.82, 2.24) is 10.2 Å². The molecule has 1 saturated carbocycles. The van der Waals surface area contributed by atoms with E-state index in [2.05, 4.69) is 10.2 Å². The Hall–Kier alpha value is -1.55. The lowest BCUT2D eigenvalue weighted by Crippen LogP contribution is -2.44. The molecule has 0 bridgehead atoms. The molecule has 1 saturated heterocycles. The summed E-state index contributed by atoms with van der Waals surface area (Å²) in [5.41, 5.74) is 1.05. The fraction of sp³-hybridized carbons (Fsp3) is 0.650. The summed E-state index contributed by atoms with van der Waals surface area (Å²) in [6.45, 7) is 5.35. The summed E-state index contributed by atoms with van der Waals surface area (Å²) in [6, 6.07) is 8.01. The lowest BCUT2D eigenvalue weighted by atomic mass is 10.1. The molecule has 0 spiro atoms. The molecule has 2 aliphatic rings. The molecule has 0 aromatic heterocycles. The molecule has 1 N–H and O–H groups in total. The minimum absolute atomic E-state index is 0.0601. The van der Waals surface area contributed by atoms with Gasteiger partial charge in [0.15, 0.2) is 0 Å². The Kier molecular flexibility index (Phi) is 6.13. The van der Waals surface area contributed by atoms with E-state index in [1.165, 1.54) is 25.7 Å². The van der Waals surface area contributed by atoms with Crippen LogP contribution in [-0.2, 0) is 11.3 Å². The molecule has 24 heavy (non-hydrogen) atoms. The lowest BCUT2D eigenvalue weighted by Gasteiger charge is -2.26. The van der Waals surface area contributed by atoms with Crippen molar-refractivity contribution in [2.45, 2.75) is 58.0 Å². The smallest absolute Gasteiger partial charge is 0.237 e. The van der Waals surface area contributed by atoms with Gasteiger partial charge in [0.05, 0.1) is 12.6 Å². The highest BCUT2D eigenvalue weighted by Crippen LogP contribution is 2.28. The topological polar surface area (TPSA) is 41.6 Å². The number of hydrogen-bond acceptors (Lipinski definition) is 3. The van der Waals surface area contributed by atoms with Crippen LogP contribution in [0.1, 0.15) is 51.0 Å². The van der Waals surface area contributed by atoms with E-state index in [0.717, 1.165) is 43.2 Å². The molecule has 4 nitrogen and oxygen atoms in total. The number of rotatable bonds is 7. The standard InChI is InChI=1S/C20H30N2O2/c1-2-24-19-12-6-5-10-17(19)14-21-20(23)18-11-7-13-22(18)15-16-8-3-4-9-16/h5-6,10,12,16,18H,2-4,7-9,11,13-15H2,1H3,(H,21,23)/t18-/m1/s1. The second-order valence-corrected chi connectivity index (χ2v) is 7.06. The zero-order valence-corrected chi connectivity index (χ0v) is 14.8. The second-order valence-electron chi connectivity index (χ2n) is 7.06. The van der Waals surface area contributed by atoms with Crippen LogP contribution in [0.3, 0.4) is 0 Å². The molecule has 1 heterocycles. The number of nitrogens with zero attached hydrogens (tertiary/aromatic N) is 1. The Morgan fingerprint density at radius 2 is 2.00 bits per heavy atom. The predicted molar refractivity (Wildman–Crippen MR) is 96.0 cm³/mol. The number of carbonyl (C=O) groups is 1. The molecule has 0 radical (unpaired) electrons. The van der Waals surface area contributed by atoms with Crippen LogP contribution >= 0.6 is 0 Å². The highest BCUT2D eigenvalue weighted by molar-refractivity contribution is 5.82. The van der Waals surface area contributed by atoms with Gasteiger partial charge in [0.2, 0.25) is 5.91 Å². The number of likely N-dealkylation sites (tertiary alicyclic amines) is 1. The quantitative estimate of drug-likeness (QED) is 0.833. The van der Waals surface area contributed by atoms with E-state index in [9.17, 15) is 4.79 Å². The SMILES string of the molecule is CCOc1ccccc1CNC(=O)[C@H]1CCCN1CC1CCCC1. The van der Waals surface area contributed by atoms with Gasteiger partial charge in [-0.3, -0.25) is 9.69 Å². The van der Waals surface area contributed by atoms with Gasteiger partial charge in [0.25, 0.3) is 0 Å². The molecule has 1 atom stereocenters. The van der Waals surface area contributed by atoms with E-state index in [4.69, 9.17) is 4.74 Å². The number of ether oxygens (including phenoxy) is 1. The van der Waals surface area contributed by atoms with Crippen LogP contribution in [0.4, 0.5) is 0 Å². The van der Waals surface area contributed by atoms with Crippen molar-refractivity contribution in [3.8, 4) is 5.75 Å². The molecule has 1 amide bonds. The van der Waals surface area contributed by atoms with Crippen LogP contribution in [0.15, 0.2) is 24.3 Å². The maximum atomic E-state index is 12.7. The summed E-state index contributed by atoms with van der Waals surface area (Å²) in [4.78, 5) is 15.1. The zero-order valence-electron chi connectivity index (χ0n) is 14.8. The van der Waals surface area contributed by atoms with Crippen molar-refractivity contribution in [2.24, 2.45) is 5.92 Å². The van der Waals surface area contributed by atoms with Gasteiger partial charge >= 0.3 is 0 Å². The third-order valence-electron chi connectivity index (χ3n) is 5.36. The molecule has 2 fully saturated rings. The summed E-state index contributed by atoms with van der Waals surface area (Å²) < 4.78 is 5.64. The number of nitrogens with one attached hydrogen (secondary N) is 1. The first-order chi connectivity index (χ1) is 11.8. The maximum Gasteiger partial charge on any atom is 0.237 e. The number of hydrogen-bond donors (Lipinski definition) is 1. The van der Waals surface area contributed by atoms with Crippen molar-refractivity contribution < 1.29 is 9.53 Å². The summed E-state index contributed by atoms with van der Waals surface area (Å²) in [7, 11) is 0. The van der Waals surface area contributed by atoms with Crippen LogP contribution in [0.2, 0.25) is 0 Å². The minimum atomic E-state index is 0.0601. The molecule has 4 heteroatoms. The lowest BCUT2D eigenvalue weighted by molar-refractivity contribution is -0.125. The van der Waals surface area contributed by atoms with Gasteiger partial charge in [0.1, 0.15) is 5.75 Å². The molecule has 3 rings (SSSR count). The van der Waals surface area contributed by atoms with Gasteiger partial charge in [0, 0.05) is 18.7 Å². The fourth-order valence-corrected chi connectivity index (χ4v) is 4.11. The average Bonchev–Trinajstić information content (AvgIpc) is 3.26. The predicted octanol–water partition coefficient (Wildman–Crippen LogP) is 3.36. The first-order valence-corrected chi connectivity index (χ1v) is 9.50. The van der Waals surface area contributed by atoms with Gasteiger partial charge in [-0.2, -0.15) is 0 Å². The Labute approximate surface area is 145 Å². The summed E-state index contributed by atoms with van der Waals surface area (Å²) in [5, 5.41) is 3.13. The van der Waals surface area contributed by atoms with Gasteiger partial charge < -0.3 is 10.1 Å². The Bertz CT molecular complexity index is 540. The summed E-state index contributed by atoms with van der Waals surface area (Å²) >= 11 is 0. The second kappa shape index (κ2) is 8.52. The number of para-hydroxylation sites is 1. The molecular weight excluding hydrogens is 300 g/mol. The summed E-state index contributed by atoms with van der Waals surface area (Å²) in [5.74, 6) is 1.85. The monoisotopic (exact) mass is 330 g/mol. The van der Waals surface area contributed by atoms with Crippen LogP contribution in [-0.4, -0.2) is 36.5 Å². The van der Waals surface area contributed by atoms with Crippen molar-refractivity contribution >= 4 is 5.91 Å². The molecule has 1 aromatic carbocycles. The minimum Gasteiger partial charge on any atom is -0.494 e. The average molecular weight is 330 g/mol. The van der Waals surface area contributed by atoms with Gasteiger partial charge in [-0.05, 0) is 51.1 Å². The number of carbonyl (C=O) groups excluding carboxylic acids is 1. The first kappa shape index (κ1) is 17.3. The fourth-order valence-electron chi connectivity index (χ4n) is 4.11. The highest BCUT2D eigenvalue weighted by atomic mass is 16.5. The molecule has 0 unspecified atom stereocenters. The van der Waals surface area contributed by atoms with Crippen molar-refractivity contribution in [3.05, 3.63) is 29.8 Å². The molecule has 132 valence electrons. The molecular formula is C20H30N2O2. The van der Waals surface area contributed by atoms with Gasteiger partial charge in [-0.1, -0.05) is 31.0 Å². The number of benzene rings is 1. The molecule has 1 aliphatic carbocycles.